The van der Waals surface area contributed by atoms with Gasteiger partial charge in [0, 0.05) is 0 Å². The lowest BCUT2D eigenvalue weighted by Crippen LogP contribution is -2.02. The summed E-state index contributed by atoms with van der Waals surface area (Å²) < 4.78 is 23.7. The molecule has 1 aromatic heterocycles. The fraction of sp³-hybridized carbons (Fsp3) is 0.107. The van der Waals surface area contributed by atoms with Crippen LogP contribution >= 0.6 is 0 Å². The number of rotatable bonds is 7. The normalized spacial score (nSPS) is 12.0. The highest BCUT2D eigenvalue weighted by molar-refractivity contribution is 5.91. The molecule has 0 fully saturated rings. The molecule has 0 radical (unpaired) electrons. The van der Waals surface area contributed by atoms with Gasteiger partial charge < -0.3 is 24.7 Å². The van der Waals surface area contributed by atoms with Gasteiger partial charge in [0.25, 0.3) is 0 Å². The molecule has 9 heteroatoms. The Balaban J connectivity index is 1.42. The summed E-state index contributed by atoms with van der Waals surface area (Å²) in [7, 11) is 1.54. The molecule has 1 aliphatic heterocycles. The largest absolute Gasteiger partial charge is 0.493 e. The zero-order valence-corrected chi connectivity index (χ0v) is 19.8. The van der Waals surface area contributed by atoms with E-state index < -0.39 is 0 Å². The molecule has 9 nitrogen and oxygen atoms in total. The lowest BCUT2D eigenvalue weighted by molar-refractivity contribution is 0.174. The zero-order valence-electron chi connectivity index (χ0n) is 19.8. The van der Waals surface area contributed by atoms with Crippen LogP contribution in [0, 0.1) is 22.7 Å². The van der Waals surface area contributed by atoms with Crippen LogP contribution in [0.1, 0.15) is 22.4 Å². The third-order valence-electron chi connectivity index (χ3n) is 5.74. The van der Waals surface area contributed by atoms with Gasteiger partial charge in [0.05, 0.1) is 18.4 Å². The molecule has 5 rings (SSSR count). The van der Waals surface area contributed by atoms with Crippen LogP contribution in [0.15, 0.2) is 66.7 Å². The Morgan fingerprint density at radius 2 is 1.86 bits per heavy atom. The molecule has 37 heavy (non-hydrogen) atoms. The van der Waals surface area contributed by atoms with Crippen molar-refractivity contribution < 1.29 is 18.9 Å². The molecule has 0 spiro atoms. The number of nitrogen functional groups attached to an aromatic ring is 1. The Kier molecular flexibility index (Phi) is 6.35. The van der Waals surface area contributed by atoms with Gasteiger partial charge in [-0.25, -0.2) is 4.68 Å². The van der Waals surface area contributed by atoms with Crippen molar-refractivity contribution in [3.8, 4) is 40.8 Å². The fourth-order valence-electron chi connectivity index (χ4n) is 3.90. The zero-order chi connectivity index (χ0) is 25.8. The van der Waals surface area contributed by atoms with E-state index in [-0.39, 0.29) is 29.4 Å². The van der Waals surface area contributed by atoms with E-state index >= 15 is 0 Å². The lowest BCUT2D eigenvalue weighted by Gasteiger charge is -2.12. The number of hydrogen-bond donors (Lipinski definition) is 1. The van der Waals surface area contributed by atoms with E-state index in [1.807, 2.05) is 48.5 Å². The maximum absolute atomic E-state index is 9.90. The molecule has 0 saturated heterocycles. The molecule has 0 unspecified atom stereocenters. The van der Waals surface area contributed by atoms with Gasteiger partial charge in [0.1, 0.15) is 35.8 Å². The second-order valence-corrected chi connectivity index (χ2v) is 8.02. The number of fused-ring (bicyclic) bond motifs is 1. The summed E-state index contributed by atoms with van der Waals surface area (Å²) in [4.78, 5) is 0. The molecule has 0 bridgehead atoms. The number of allylic oxidation sites excluding steroid dienone is 1. The number of anilines is 1. The summed E-state index contributed by atoms with van der Waals surface area (Å²) >= 11 is 0. The maximum Gasteiger partial charge on any atom is 0.231 e. The molecule has 3 aromatic carbocycles. The van der Waals surface area contributed by atoms with Crippen molar-refractivity contribution in [1.82, 2.24) is 9.78 Å². The van der Waals surface area contributed by atoms with E-state index in [1.165, 1.54) is 11.8 Å². The molecule has 0 aliphatic carbocycles. The van der Waals surface area contributed by atoms with E-state index in [0.717, 1.165) is 5.56 Å². The topological polar surface area (TPSA) is 128 Å². The minimum absolute atomic E-state index is 0.132. The van der Waals surface area contributed by atoms with Crippen molar-refractivity contribution in [2.75, 3.05) is 19.6 Å². The monoisotopic (exact) mass is 491 g/mol. The number of aromatic nitrogens is 2. The Labute approximate surface area is 213 Å². The van der Waals surface area contributed by atoms with Crippen molar-refractivity contribution >= 4 is 17.5 Å². The first-order valence-electron chi connectivity index (χ1n) is 11.3. The van der Waals surface area contributed by atoms with Gasteiger partial charge in [-0.3, -0.25) is 0 Å². The first-order valence-corrected chi connectivity index (χ1v) is 11.3. The molecule has 182 valence electrons. The Morgan fingerprint density at radius 3 is 2.62 bits per heavy atom. The van der Waals surface area contributed by atoms with E-state index in [0.29, 0.717) is 40.9 Å². The maximum atomic E-state index is 9.90. The molecule has 1 aliphatic rings. The second-order valence-electron chi connectivity index (χ2n) is 8.02. The van der Waals surface area contributed by atoms with Crippen molar-refractivity contribution in [3.05, 3.63) is 89.1 Å². The highest BCUT2D eigenvalue weighted by atomic mass is 16.7. The average Bonchev–Trinajstić information content (AvgIpc) is 3.54. The van der Waals surface area contributed by atoms with Crippen LogP contribution in [0.4, 0.5) is 5.82 Å². The lowest BCUT2D eigenvalue weighted by atomic mass is 10.1. The smallest absolute Gasteiger partial charge is 0.231 e. The van der Waals surface area contributed by atoms with Crippen LogP contribution in [0.3, 0.4) is 0 Å². The highest BCUT2D eigenvalue weighted by Gasteiger charge is 2.20. The number of hydrogen-bond acceptors (Lipinski definition) is 8. The number of ether oxygens (including phenoxy) is 4. The van der Waals surface area contributed by atoms with E-state index in [9.17, 15) is 10.5 Å². The first-order chi connectivity index (χ1) is 18.1. The van der Waals surface area contributed by atoms with Gasteiger partial charge in [0.15, 0.2) is 23.0 Å². The van der Waals surface area contributed by atoms with Crippen LogP contribution in [-0.2, 0) is 6.61 Å². The van der Waals surface area contributed by atoms with Crippen LogP contribution in [-0.4, -0.2) is 23.7 Å². The van der Waals surface area contributed by atoms with Gasteiger partial charge in [-0.1, -0.05) is 30.3 Å². The number of para-hydroxylation sites is 1. The summed E-state index contributed by atoms with van der Waals surface area (Å²) in [6.45, 7) is 0.509. The van der Waals surface area contributed by atoms with Gasteiger partial charge in [-0.15, -0.1) is 0 Å². The third-order valence-corrected chi connectivity index (χ3v) is 5.74. The standard InChI is InChI=1S/C28H21N5O4/c1-34-25-12-18(7-9-23(25)35-16-19-8-10-24-26(13-19)37-17-36-24)11-20(14-29)27-22(15-30)28(31)33(32-27)21-5-3-2-4-6-21/h2-13H,16-17,31H2,1H3/b20-11+. The van der Waals surface area contributed by atoms with Crippen LogP contribution in [0.25, 0.3) is 17.3 Å². The second kappa shape index (κ2) is 10.1. The van der Waals surface area contributed by atoms with E-state index in [1.54, 1.807) is 24.3 Å². The number of benzene rings is 3. The minimum atomic E-state index is 0.132. The molecular formula is C28H21N5O4. The van der Waals surface area contributed by atoms with Crippen LogP contribution in [0.2, 0.25) is 0 Å². The van der Waals surface area contributed by atoms with Gasteiger partial charge >= 0.3 is 0 Å². The molecule has 4 aromatic rings. The van der Waals surface area contributed by atoms with Crippen molar-refractivity contribution in [2.24, 2.45) is 0 Å². The van der Waals surface area contributed by atoms with Crippen molar-refractivity contribution in [1.29, 1.82) is 10.5 Å². The first kappa shape index (κ1) is 23.3. The summed E-state index contributed by atoms with van der Waals surface area (Å²) in [5.41, 5.74) is 8.99. The predicted molar refractivity (Wildman–Crippen MR) is 136 cm³/mol. The minimum Gasteiger partial charge on any atom is -0.493 e. The fourth-order valence-corrected chi connectivity index (χ4v) is 3.90. The molecule has 2 heterocycles. The van der Waals surface area contributed by atoms with Crippen LogP contribution in [0.5, 0.6) is 23.0 Å². The van der Waals surface area contributed by atoms with Gasteiger partial charge in [-0.2, -0.15) is 15.6 Å². The van der Waals surface area contributed by atoms with Gasteiger partial charge in [0.2, 0.25) is 6.79 Å². The predicted octanol–water partition coefficient (Wildman–Crippen LogP) is 4.71. The average molecular weight is 492 g/mol. The SMILES string of the molecule is COc1cc(/C=C(\C#N)c2nn(-c3ccccc3)c(N)c2C#N)ccc1OCc1ccc2c(c1)OCO2. The third kappa shape index (κ3) is 4.62. The number of nitriles is 2. The van der Waals surface area contributed by atoms with E-state index in [4.69, 9.17) is 24.7 Å². The molecule has 0 saturated carbocycles. The summed E-state index contributed by atoms with van der Waals surface area (Å²) in [5.74, 6) is 2.58. The number of nitrogens with two attached hydrogens (primary N) is 1. The Bertz CT molecular complexity index is 1580. The highest BCUT2D eigenvalue weighted by Crippen LogP contribution is 2.34. The number of methoxy groups -OCH3 is 1. The summed E-state index contributed by atoms with van der Waals surface area (Å²) in [5, 5.41) is 24.1. The quantitative estimate of drug-likeness (QED) is 0.368. The van der Waals surface area contributed by atoms with E-state index in [2.05, 4.69) is 17.2 Å². The Hall–Kier alpha value is -5.41. The van der Waals surface area contributed by atoms with Crippen molar-refractivity contribution in [2.45, 2.75) is 6.61 Å². The molecule has 2 N–H and O–H groups in total. The summed E-state index contributed by atoms with van der Waals surface area (Å²) in [6, 6.07) is 24.3. The van der Waals surface area contributed by atoms with Crippen LogP contribution < -0.4 is 24.7 Å². The molecular weight excluding hydrogens is 470 g/mol. The Morgan fingerprint density at radius 1 is 1.05 bits per heavy atom. The number of nitrogens with zero attached hydrogens (tertiary/aromatic N) is 4. The van der Waals surface area contributed by atoms with Crippen molar-refractivity contribution in [3.63, 3.8) is 0 Å². The molecule has 0 atom stereocenters. The molecule has 0 amide bonds. The summed E-state index contributed by atoms with van der Waals surface area (Å²) in [6.07, 6.45) is 1.63. The van der Waals surface area contributed by atoms with Gasteiger partial charge in [-0.05, 0) is 53.6 Å².